The molecule has 1 heterocycles. The molecular formula is C10H16N4O2. The highest BCUT2D eigenvalue weighted by Crippen LogP contribution is 2.22. The molecule has 0 bridgehead atoms. The van der Waals surface area contributed by atoms with Gasteiger partial charge in [0.1, 0.15) is 11.9 Å². The first-order valence-corrected chi connectivity index (χ1v) is 4.92. The van der Waals surface area contributed by atoms with E-state index in [4.69, 9.17) is 16.2 Å². The summed E-state index contributed by atoms with van der Waals surface area (Å²) in [5.41, 5.74) is 10.8. The van der Waals surface area contributed by atoms with Gasteiger partial charge in [0.25, 0.3) is 5.91 Å². The molecule has 88 valence electrons. The molecule has 1 atom stereocenters. The highest BCUT2D eigenvalue weighted by Gasteiger charge is 2.19. The Hall–Kier alpha value is -1.69. The first-order chi connectivity index (χ1) is 7.47. The van der Waals surface area contributed by atoms with Gasteiger partial charge >= 0.3 is 0 Å². The van der Waals surface area contributed by atoms with Gasteiger partial charge in [-0.25, -0.2) is 9.97 Å². The minimum atomic E-state index is -0.637. The molecule has 0 radical (unpaired) electrons. The number of hydrogen-bond donors (Lipinski definition) is 2. The van der Waals surface area contributed by atoms with Crippen molar-refractivity contribution in [3.8, 4) is 0 Å². The number of carbonyl (C=O) groups is 1. The normalized spacial score (nSPS) is 12.8. The molecule has 0 aliphatic heterocycles. The van der Waals surface area contributed by atoms with Crippen LogP contribution < -0.4 is 11.5 Å². The van der Waals surface area contributed by atoms with Crippen LogP contribution in [0.1, 0.15) is 36.1 Å². The second-order valence-corrected chi connectivity index (χ2v) is 3.79. The van der Waals surface area contributed by atoms with Crippen molar-refractivity contribution in [2.45, 2.75) is 20.0 Å². The number of ether oxygens (including phenoxy) is 1. The summed E-state index contributed by atoms with van der Waals surface area (Å²) in [6.45, 7) is 3.96. The van der Waals surface area contributed by atoms with Gasteiger partial charge in [-0.05, 0) is 5.92 Å². The third-order valence-electron chi connectivity index (χ3n) is 2.22. The molecule has 0 fully saturated rings. The average molecular weight is 224 g/mol. The van der Waals surface area contributed by atoms with Crippen LogP contribution in [0.25, 0.3) is 0 Å². The van der Waals surface area contributed by atoms with Gasteiger partial charge in [-0.3, -0.25) is 4.79 Å². The van der Waals surface area contributed by atoms with Crippen molar-refractivity contribution in [2.75, 3.05) is 12.8 Å². The number of nitrogen functional groups attached to an aromatic ring is 1. The second-order valence-electron chi connectivity index (χ2n) is 3.79. The number of hydrogen-bond acceptors (Lipinski definition) is 5. The summed E-state index contributed by atoms with van der Waals surface area (Å²) in [6, 6.07) is 0. The Balaban J connectivity index is 3.09. The van der Waals surface area contributed by atoms with E-state index >= 15 is 0 Å². The molecule has 4 N–H and O–H groups in total. The minimum absolute atomic E-state index is 0.0835. The molecule has 0 aliphatic rings. The topological polar surface area (TPSA) is 104 Å². The van der Waals surface area contributed by atoms with Gasteiger partial charge in [-0.1, -0.05) is 13.8 Å². The maximum Gasteiger partial charge on any atom is 0.254 e. The van der Waals surface area contributed by atoms with E-state index in [9.17, 15) is 4.79 Å². The highest BCUT2D eigenvalue weighted by molar-refractivity contribution is 5.96. The maximum atomic E-state index is 10.9. The van der Waals surface area contributed by atoms with E-state index in [2.05, 4.69) is 9.97 Å². The molecule has 1 amide bonds. The Bertz CT molecular complexity index is 392. The number of primary amides is 1. The molecule has 0 aliphatic carbocycles. The molecule has 1 rings (SSSR count). The lowest BCUT2D eigenvalue weighted by Gasteiger charge is -2.17. The lowest BCUT2D eigenvalue weighted by molar-refractivity contribution is 0.0575. The van der Waals surface area contributed by atoms with Crippen molar-refractivity contribution in [3.05, 3.63) is 17.6 Å². The summed E-state index contributed by atoms with van der Waals surface area (Å²) in [7, 11) is 1.58. The van der Waals surface area contributed by atoms with Crippen LogP contribution in [0.3, 0.4) is 0 Å². The molecule has 16 heavy (non-hydrogen) atoms. The summed E-state index contributed by atoms with van der Waals surface area (Å²) in [5.74, 6) is 0.117. The molecule has 1 aromatic rings. The number of anilines is 1. The molecule has 6 heteroatoms. The zero-order chi connectivity index (χ0) is 12.3. The van der Waals surface area contributed by atoms with Crippen molar-refractivity contribution in [2.24, 2.45) is 11.7 Å². The number of nitrogens with zero attached hydrogens (tertiary/aromatic N) is 2. The van der Waals surface area contributed by atoms with Crippen LogP contribution in [0.4, 0.5) is 5.82 Å². The van der Waals surface area contributed by atoms with Gasteiger partial charge in [0.05, 0.1) is 5.56 Å². The fourth-order valence-corrected chi connectivity index (χ4v) is 1.41. The largest absolute Gasteiger partial charge is 0.383 e. The van der Waals surface area contributed by atoms with E-state index in [1.165, 1.54) is 6.20 Å². The summed E-state index contributed by atoms with van der Waals surface area (Å²) >= 11 is 0. The predicted octanol–water partition coefficient (Wildman–Crippen LogP) is 0.501. The molecule has 1 aromatic heterocycles. The molecule has 1 unspecified atom stereocenters. The molecule has 0 spiro atoms. The first-order valence-electron chi connectivity index (χ1n) is 4.92. The van der Waals surface area contributed by atoms with Gasteiger partial charge in [0.15, 0.2) is 5.82 Å². The Morgan fingerprint density at radius 1 is 1.50 bits per heavy atom. The standard InChI is InChI=1S/C10H16N4O2/c1-5(2)7(16-3)10-13-4-6(9(12)15)8(11)14-10/h4-5,7H,1-3H3,(H2,12,15)(H2,11,13,14). The SMILES string of the molecule is COC(c1ncc(C(N)=O)c(N)n1)C(C)C. The third kappa shape index (κ3) is 2.46. The maximum absolute atomic E-state index is 10.9. The minimum Gasteiger partial charge on any atom is -0.383 e. The Kier molecular flexibility index (Phi) is 3.78. The Labute approximate surface area is 94.0 Å². The zero-order valence-electron chi connectivity index (χ0n) is 9.60. The number of amides is 1. The van der Waals surface area contributed by atoms with Crippen molar-refractivity contribution in [3.63, 3.8) is 0 Å². The fraction of sp³-hybridized carbons (Fsp3) is 0.500. The fourth-order valence-electron chi connectivity index (χ4n) is 1.41. The lowest BCUT2D eigenvalue weighted by Crippen LogP contribution is -2.19. The molecule has 0 saturated carbocycles. The number of rotatable bonds is 4. The summed E-state index contributed by atoms with van der Waals surface area (Å²) in [6.07, 6.45) is 1.08. The van der Waals surface area contributed by atoms with Crippen LogP contribution in [-0.4, -0.2) is 23.0 Å². The number of carbonyl (C=O) groups excluding carboxylic acids is 1. The quantitative estimate of drug-likeness (QED) is 0.775. The van der Waals surface area contributed by atoms with Gasteiger partial charge in [-0.15, -0.1) is 0 Å². The highest BCUT2D eigenvalue weighted by atomic mass is 16.5. The summed E-state index contributed by atoms with van der Waals surface area (Å²) in [5, 5.41) is 0. The summed E-state index contributed by atoms with van der Waals surface area (Å²) in [4.78, 5) is 19.0. The van der Waals surface area contributed by atoms with Crippen LogP contribution in [0, 0.1) is 5.92 Å². The molecule has 6 nitrogen and oxygen atoms in total. The Morgan fingerprint density at radius 2 is 2.12 bits per heavy atom. The van der Waals surface area contributed by atoms with E-state index in [1.54, 1.807) is 7.11 Å². The van der Waals surface area contributed by atoms with E-state index in [-0.39, 0.29) is 23.4 Å². The molecule has 0 aromatic carbocycles. The van der Waals surface area contributed by atoms with E-state index in [0.717, 1.165) is 0 Å². The Morgan fingerprint density at radius 3 is 2.50 bits per heavy atom. The third-order valence-corrected chi connectivity index (χ3v) is 2.22. The lowest BCUT2D eigenvalue weighted by atomic mass is 10.1. The van der Waals surface area contributed by atoms with Crippen LogP contribution in [0.2, 0.25) is 0 Å². The number of nitrogens with two attached hydrogens (primary N) is 2. The monoisotopic (exact) mass is 224 g/mol. The number of methoxy groups -OCH3 is 1. The van der Waals surface area contributed by atoms with Crippen LogP contribution >= 0.6 is 0 Å². The smallest absolute Gasteiger partial charge is 0.254 e. The predicted molar refractivity (Wildman–Crippen MR) is 59.6 cm³/mol. The van der Waals surface area contributed by atoms with Crippen molar-refractivity contribution >= 4 is 11.7 Å². The van der Waals surface area contributed by atoms with E-state index in [0.29, 0.717) is 5.82 Å². The van der Waals surface area contributed by atoms with Gasteiger partial charge < -0.3 is 16.2 Å². The molecular weight excluding hydrogens is 208 g/mol. The van der Waals surface area contributed by atoms with Crippen LogP contribution in [0.5, 0.6) is 0 Å². The van der Waals surface area contributed by atoms with Crippen LogP contribution in [0.15, 0.2) is 6.20 Å². The van der Waals surface area contributed by atoms with Gasteiger partial charge in [0, 0.05) is 13.3 Å². The van der Waals surface area contributed by atoms with Crippen LogP contribution in [-0.2, 0) is 4.74 Å². The zero-order valence-corrected chi connectivity index (χ0v) is 9.60. The second kappa shape index (κ2) is 4.89. The summed E-state index contributed by atoms with van der Waals surface area (Å²) < 4.78 is 5.26. The van der Waals surface area contributed by atoms with Gasteiger partial charge in [0.2, 0.25) is 0 Å². The van der Waals surface area contributed by atoms with E-state index < -0.39 is 5.91 Å². The van der Waals surface area contributed by atoms with Crippen molar-refractivity contribution < 1.29 is 9.53 Å². The van der Waals surface area contributed by atoms with Crippen molar-refractivity contribution in [1.29, 1.82) is 0 Å². The van der Waals surface area contributed by atoms with E-state index in [1.807, 2.05) is 13.8 Å². The van der Waals surface area contributed by atoms with Gasteiger partial charge in [-0.2, -0.15) is 0 Å². The average Bonchev–Trinajstić information content (AvgIpc) is 2.17. The van der Waals surface area contributed by atoms with Crippen molar-refractivity contribution in [1.82, 2.24) is 9.97 Å². The molecule has 0 saturated heterocycles. The first kappa shape index (κ1) is 12.4. The number of aromatic nitrogens is 2.